The Kier molecular flexibility index (Phi) is 9.08. The summed E-state index contributed by atoms with van der Waals surface area (Å²) in [6.07, 6.45) is 3.32. The van der Waals surface area contributed by atoms with Crippen molar-refractivity contribution in [1.82, 2.24) is 5.32 Å². The monoisotopic (exact) mass is 303 g/mol. The first-order chi connectivity index (χ1) is 8.90. The molecule has 0 radical (unpaired) electrons. The van der Waals surface area contributed by atoms with Crippen molar-refractivity contribution < 1.29 is 14.3 Å². The molecule has 0 aromatic carbocycles. The molecule has 0 heterocycles. The van der Waals surface area contributed by atoms with Crippen LogP contribution >= 0.6 is 23.4 Å². The van der Waals surface area contributed by atoms with E-state index < -0.39 is 0 Å². The van der Waals surface area contributed by atoms with Gasteiger partial charge in [0, 0.05) is 6.92 Å². The summed E-state index contributed by atoms with van der Waals surface area (Å²) in [5.74, 6) is -0.677. The van der Waals surface area contributed by atoms with Crippen LogP contribution in [-0.4, -0.2) is 24.5 Å². The largest absolute Gasteiger partial charge is 0.461 e. The molecule has 0 spiro atoms. The van der Waals surface area contributed by atoms with Crippen molar-refractivity contribution in [2.75, 3.05) is 6.54 Å². The fourth-order valence-corrected chi connectivity index (χ4v) is 2.00. The molecule has 0 aliphatic rings. The average molecular weight is 304 g/mol. The summed E-state index contributed by atoms with van der Waals surface area (Å²) in [4.78, 5) is 23.1. The van der Waals surface area contributed by atoms with Crippen molar-refractivity contribution in [3.8, 4) is 0 Å². The first-order valence-electron chi connectivity index (χ1n) is 5.71. The number of esters is 1. The molecule has 1 atom stereocenters. The maximum absolute atomic E-state index is 11.9. The Hall–Kier alpha value is -1.20. The van der Waals surface area contributed by atoms with Crippen LogP contribution in [0.4, 0.5) is 0 Å². The molecule has 1 N–H and O–H groups in total. The van der Waals surface area contributed by atoms with Gasteiger partial charge in [0.05, 0.1) is 15.8 Å². The van der Waals surface area contributed by atoms with Gasteiger partial charge in [0.1, 0.15) is 6.10 Å². The second-order valence-corrected chi connectivity index (χ2v) is 5.39. The maximum atomic E-state index is 11.9. The zero-order valence-electron chi connectivity index (χ0n) is 11.1. The van der Waals surface area contributed by atoms with Crippen LogP contribution in [0.1, 0.15) is 20.3 Å². The van der Waals surface area contributed by atoms with E-state index in [2.05, 4.69) is 18.5 Å². The summed E-state index contributed by atoms with van der Waals surface area (Å²) < 4.78 is 5.31. The third-order valence-corrected chi connectivity index (χ3v) is 2.99. The van der Waals surface area contributed by atoms with Crippen LogP contribution in [0.5, 0.6) is 0 Å². The number of hydrogen-bond acceptors (Lipinski definition) is 4. The van der Waals surface area contributed by atoms with Gasteiger partial charge < -0.3 is 10.1 Å². The van der Waals surface area contributed by atoms with Crippen molar-refractivity contribution in [3.05, 3.63) is 34.6 Å². The quantitative estimate of drug-likeness (QED) is 0.425. The molecule has 0 fully saturated rings. The number of allylic oxidation sites excluding steroid dienone is 2. The zero-order valence-corrected chi connectivity index (χ0v) is 12.6. The van der Waals surface area contributed by atoms with E-state index in [0.717, 1.165) is 11.8 Å². The molecule has 0 aromatic heterocycles. The number of ether oxygens (including phenoxy) is 1. The Morgan fingerprint density at radius 2 is 2.16 bits per heavy atom. The molecule has 1 amide bonds. The fraction of sp³-hybridized carbons (Fsp3) is 0.385. The number of thioether (sulfide) groups is 1. The first-order valence-corrected chi connectivity index (χ1v) is 6.90. The number of carbonyl (C=O) groups is 2. The van der Waals surface area contributed by atoms with Crippen LogP contribution in [0.3, 0.4) is 0 Å². The second kappa shape index (κ2) is 9.69. The van der Waals surface area contributed by atoms with Crippen molar-refractivity contribution in [3.63, 3.8) is 0 Å². The fourth-order valence-electron chi connectivity index (χ4n) is 1.18. The van der Waals surface area contributed by atoms with E-state index in [1.807, 2.05) is 6.92 Å². The number of nitrogens with one attached hydrogen (secondary N) is 1. The van der Waals surface area contributed by atoms with E-state index in [1.54, 1.807) is 6.08 Å². The molecule has 0 aliphatic heterocycles. The standard InChI is InChI=1S/C13H18ClNO3S/c1-5-7-12(19-9(3)14)13(17)15-8-11(6-2)18-10(4)16/h5,7,11H,1,3,6,8H2,2,4H3,(H,15,17)/b12-7-. The Morgan fingerprint density at radius 3 is 2.58 bits per heavy atom. The van der Waals surface area contributed by atoms with Crippen molar-refractivity contribution in [2.24, 2.45) is 0 Å². The van der Waals surface area contributed by atoms with E-state index in [4.69, 9.17) is 16.3 Å². The number of amides is 1. The molecule has 19 heavy (non-hydrogen) atoms. The van der Waals surface area contributed by atoms with E-state index >= 15 is 0 Å². The first kappa shape index (κ1) is 17.8. The topological polar surface area (TPSA) is 55.4 Å². The van der Waals surface area contributed by atoms with Crippen LogP contribution in [-0.2, 0) is 14.3 Å². The van der Waals surface area contributed by atoms with Gasteiger partial charge in [-0.15, -0.1) is 0 Å². The minimum Gasteiger partial charge on any atom is -0.461 e. The maximum Gasteiger partial charge on any atom is 0.302 e. The smallest absolute Gasteiger partial charge is 0.302 e. The molecule has 0 saturated carbocycles. The Bertz CT molecular complexity index is 393. The molecule has 0 aliphatic carbocycles. The molecule has 0 saturated heterocycles. The highest BCUT2D eigenvalue weighted by Crippen LogP contribution is 2.26. The van der Waals surface area contributed by atoms with Gasteiger partial charge in [-0.05, 0) is 12.5 Å². The number of hydrogen-bond donors (Lipinski definition) is 1. The van der Waals surface area contributed by atoms with Crippen LogP contribution < -0.4 is 5.32 Å². The molecular weight excluding hydrogens is 286 g/mol. The Morgan fingerprint density at radius 1 is 1.53 bits per heavy atom. The molecule has 4 nitrogen and oxygen atoms in total. The normalized spacial score (nSPS) is 12.5. The highest BCUT2D eigenvalue weighted by Gasteiger charge is 2.14. The lowest BCUT2D eigenvalue weighted by Crippen LogP contribution is -2.34. The highest BCUT2D eigenvalue weighted by molar-refractivity contribution is 8.08. The lowest BCUT2D eigenvalue weighted by atomic mass is 10.2. The van der Waals surface area contributed by atoms with E-state index in [9.17, 15) is 9.59 Å². The van der Waals surface area contributed by atoms with Crippen LogP contribution in [0, 0.1) is 0 Å². The highest BCUT2D eigenvalue weighted by atomic mass is 35.5. The SMILES string of the molecule is C=C/C=C(\SC(=C)Cl)C(=O)NCC(CC)OC(C)=O. The van der Waals surface area contributed by atoms with Crippen LogP contribution in [0.25, 0.3) is 0 Å². The molecule has 106 valence electrons. The number of halogens is 1. The molecule has 0 rings (SSSR count). The minimum atomic E-state index is -0.369. The zero-order chi connectivity index (χ0) is 14.8. The molecule has 0 bridgehead atoms. The lowest BCUT2D eigenvalue weighted by molar-refractivity contribution is -0.146. The predicted molar refractivity (Wildman–Crippen MR) is 79.7 cm³/mol. The van der Waals surface area contributed by atoms with E-state index in [-0.39, 0.29) is 28.9 Å². The Labute approximate surface area is 122 Å². The van der Waals surface area contributed by atoms with Crippen molar-refractivity contribution in [2.45, 2.75) is 26.4 Å². The molecule has 0 aromatic rings. The lowest BCUT2D eigenvalue weighted by Gasteiger charge is -2.16. The summed E-state index contributed by atoms with van der Waals surface area (Å²) >= 11 is 6.70. The van der Waals surface area contributed by atoms with Crippen LogP contribution in [0.2, 0.25) is 0 Å². The van der Waals surface area contributed by atoms with Gasteiger partial charge in [0.15, 0.2) is 0 Å². The third-order valence-electron chi connectivity index (χ3n) is 1.99. The van der Waals surface area contributed by atoms with E-state index in [1.165, 1.54) is 13.0 Å². The predicted octanol–water partition coefficient (Wildman–Crippen LogP) is 2.96. The third kappa shape index (κ3) is 8.51. The summed E-state index contributed by atoms with van der Waals surface area (Å²) in [6.45, 7) is 10.5. The van der Waals surface area contributed by atoms with Crippen molar-refractivity contribution in [1.29, 1.82) is 0 Å². The molecule has 1 unspecified atom stereocenters. The molecule has 6 heteroatoms. The van der Waals surface area contributed by atoms with Crippen LogP contribution in [0.15, 0.2) is 34.6 Å². The minimum absolute atomic E-state index is 0.249. The van der Waals surface area contributed by atoms with Gasteiger partial charge in [-0.3, -0.25) is 9.59 Å². The van der Waals surface area contributed by atoms with Gasteiger partial charge in [-0.1, -0.05) is 49.5 Å². The van der Waals surface area contributed by atoms with Gasteiger partial charge in [0.25, 0.3) is 5.91 Å². The number of rotatable bonds is 8. The van der Waals surface area contributed by atoms with Gasteiger partial charge in [-0.2, -0.15) is 0 Å². The van der Waals surface area contributed by atoms with E-state index in [0.29, 0.717) is 11.3 Å². The summed E-state index contributed by atoms with van der Waals surface area (Å²) in [6, 6.07) is 0. The van der Waals surface area contributed by atoms with Gasteiger partial charge >= 0.3 is 5.97 Å². The molecular formula is C13H18ClNO3S. The van der Waals surface area contributed by atoms with Gasteiger partial charge in [-0.25, -0.2) is 0 Å². The Balaban J connectivity index is 4.47. The van der Waals surface area contributed by atoms with Crippen molar-refractivity contribution >= 4 is 35.2 Å². The second-order valence-electron chi connectivity index (χ2n) is 3.57. The summed E-state index contributed by atoms with van der Waals surface area (Å²) in [7, 11) is 0. The summed E-state index contributed by atoms with van der Waals surface area (Å²) in [5, 5.41) is 2.68. The average Bonchev–Trinajstić information content (AvgIpc) is 2.32. The summed E-state index contributed by atoms with van der Waals surface area (Å²) in [5.41, 5.74) is 0. The number of carbonyl (C=O) groups excluding carboxylic acids is 2. The van der Waals surface area contributed by atoms with Gasteiger partial charge in [0.2, 0.25) is 0 Å².